The molecule has 0 bridgehead atoms. The van der Waals surface area contributed by atoms with Gasteiger partial charge in [0.25, 0.3) is 0 Å². The van der Waals surface area contributed by atoms with Gasteiger partial charge in [-0.25, -0.2) is 0 Å². The van der Waals surface area contributed by atoms with Crippen LogP contribution in [0.3, 0.4) is 0 Å². The van der Waals surface area contributed by atoms with Crippen LogP contribution in [0.5, 0.6) is 0 Å². The van der Waals surface area contributed by atoms with Crippen LogP contribution in [0, 0.1) is 5.92 Å². The highest BCUT2D eigenvalue weighted by molar-refractivity contribution is 7.00. The summed E-state index contributed by atoms with van der Waals surface area (Å²) in [6.07, 6.45) is 3.93. The third kappa shape index (κ3) is 2.38. The van der Waals surface area contributed by atoms with Crippen molar-refractivity contribution in [3.05, 3.63) is 17.2 Å². The van der Waals surface area contributed by atoms with Crippen molar-refractivity contribution >= 4 is 40.0 Å². The molecular formula is C14H17ClN4S. The van der Waals surface area contributed by atoms with Gasteiger partial charge in [-0.15, -0.1) is 0 Å². The number of anilines is 1. The first kappa shape index (κ1) is 12.8. The Morgan fingerprint density at radius 1 is 1.30 bits per heavy atom. The van der Waals surface area contributed by atoms with E-state index < -0.39 is 0 Å². The van der Waals surface area contributed by atoms with E-state index in [1.165, 1.54) is 31.0 Å². The normalized spacial score (nSPS) is 22.9. The number of halogens is 1. The molecule has 2 heterocycles. The highest BCUT2D eigenvalue weighted by Gasteiger charge is 2.28. The van der Waals surface area contributed by atoms with Crippen LogP contribution in [-0.4, -0.2) is 34.4 Å². The lowest BCUT2D eigenvalue weighted by Crippen LogP contribution is -2.27. The molecule has 2 aliphatic rings. The molecule has 0 amide bonds. The van der Waals surface area contributed by atoms with Crippen LogP contribution in [0.2, 0.25) is 5.02 Å². The average Bonchev–Trinajstić information content (AvgIpc) is 2.97. The predicted molar refractivity (Wildman–Crippen MR) is 83.8 cm³/mol. The van der Waals surface area contributed by atoms with Crippen LogP contribution in [0.4, 0.5) is 5.69 Å². The van der Waals surface area contributed by atoms with Gasteiger partial charge in [-0.1, -0.05) is 11.6 Å². The monoisotopic (exact) mass is 308 g/mol. The third-order valence-corrected chi connectivity index (χ3v) is 5.07. The number of nitrogens with one attached hydrogen (secondary N) is 1. The van der Waals surface area contributed by atoms with Crippen LogP contribution in [0.25, 0.3) is 11.0 Å². The van der Waals surface area contributed by atoms with Crippen LogP contribution < -0.4 is 10.2 Å². The summed E-state index contributed by atoms with van der Waals surface area (Å²) in [6, 6.07) is 4.68. The molecule has 0 spiro atoms. The minimum Gasteiger partial charge on any atom is -0.368 e. The number of hydrogen-bond acceptors (Lipinski definition) is 5. The third-order valence-electron chi connectivity index (χ3n) is 4.23. The van der Waals surface area contributed by atoms with Crippen LogP contribution in [-0.2, 0) is 0 Å². The lowest BCUT2D eigenvalue weighted by molar-refractivity contribution is 0.515. The second-order valence-electron chi connectivity index (χ2n) is 5.81. The Labute approximate surface area is 127 Å². The molecule has 0 radical (unpaired) electrons. The second kappa shape index (κ2) is 5.13. The van der Waals surface area contributed by atoms with Crippen molar-refractivity contribution in [3.8, 4) is 0 Å². The molecule has 106 valence electrons. The Morgan fingerprint density at radius 3 is 3.05 bits per heavy atom. The van der Waals surface area contributed by atoms with Crippen molar-refractivity contribution in [2.75, 3.05) is 24.5 Å². The maximum atomic E-state index is 6.40. The molecule has 1 saturated carbocycles. The molecular weight excluding hydrogens is 292 g/mol. The quantitative estimate of drug-likeness (QED) is 0.943. The van der Waals surface area contributed by atoms with Crippen LogP contribution in [0.15, 0.2) is 12.1 Å². The number of nitrogens with zero attached hydrogens (tertiary/aromatic N) is 3. The van der Waals surface area contributed by atoms with Crippen molar-refractivity contribution < 1.29 is 0 Å². The fourth-order valence-corrected chi connectivity index (χ4v) is 3.75. The SMILES string of the molecule is Clc1ccc2nsnc2c1N1CCC(CNC2CC2)C1. The molecule has 1 aromatic carbocycles. The van der Waals surface area contributed by atoms with E-state index in [4.69, 9.17) is 11.6 Å². The Kier molecular flexibility index (Phi) is 3.28. The van der Waals surface area contributed by atoms with Gasteiger partial charge in [0.15, 0.2) is 0 Å². The van der Waals surface area contributed by atoms with Gasteiger partial charge in [0.2, 0.25) is 0 Å². The maximum absolute atomic E-state index is 6.40. The molecule has 1 aromatic heterocycles. The topological polar surface area (TPSA) is 41.1 Å². The molecule has 1 aliphatic heterocycles. The zero-order valence-electron chi connectivity index (χ0n) is 11.2. The fourth-order valence-electron chi connectivity index (χ4n) is 2.94. The van der Waals surface area contributed by atoms with Gasteiger partial charge >= 0.3 is 0 Å². The summed E-state index contributed by atoms with van der Waals surface area (Å²) in [5, 5.41) is 4.42. The van der Waals surface area contributed by atoms with Gasteiger partial charge in [0.1, 0.15) is 11.0 Å². The number of aromatic nitrogens is 2. The molecule has 4 nitrogen and oxygen atoms in total. The minimum absolute atomic E-state index is 0.716. The Morgan fingerprint density at radius 2 is 2.20 bits per heavy atom. The molecule has 2 fully saturated rings. The number of hydrogen-bond donors (Lipinski definition) is 1. The summed E-state index contributed by atoms with van der Waals surface area (Å²) >= 11 is 7.67. The van der Waals surface area contributed by atoms with Crippen molar-refractivity contribution in [2.45, 2.75) is 25.3 Å². The number of benzene rings is 1. The molecule has 2 aromatic rings. The Hall–Kier alpha value is -0.910. The predicted octanol–water partition coefficient (Wildman–Crippen LogP) is 2.92. The van der Waals surface area contributed by atoms with E-state index in [2.05, 4.69) is 19.0 Å². The largest absolute Gasteiger partial charge is 0.368 e. The van der Waals surface area contributed by atoms with E-state index in [0.29, 0.717) is 5.92 Å². The first-order valence-electron chi connectivity index (χ1n) is 7.20. The summed E-state index contributed by atoms with van der Waals surface area (Å²) < 4.78 is 8.73. The molecule has 1 unspecified atom stereocenters. The van der Waals surface area contributed by atoms with Gasteiger partial charge in [-0.3, -0.25) is 0 Å². The summed E-state index contributed by atoms with van der Waals surface area (Å²) in [6.45, 7) is 3.26. The smallest absolute Gasteiger partial charge is 0.129 e. The van der Waals surface area contributed by atoms with Gasteiger partial charge in [-0.2, -0.15) is 8.75 Å². The van der Waals surface area contributed by atoms with Gasteiger partial charge in [-0.05, 0) is 43.9 Å². The number of rotatable bonds is 4. The van der Waals surface area contributed by atoms with Gasteiger partial charge in [0.05, 0.1) is 22.4 Å². The zero-order valence-corrected chi connectivity index (χ0v) is 12.8. The zero-order chi connectivity index (χ0) is 13.5. The van der Waals surface area contributed by atoms with Gasteiger partial charge < -0.3 is 10.2 Å². The van der Waals surface area contributed by atoms with E-state index in [0.717, 1.165) is 47.4 Å². The van der Waals surface area contributed by atoms with Crippen LogP contribution >= 0.6 is 23.3 Å². The Balaban J connectivity index is 1.54. The summed E-state index contributed by atoms with van der Waals surface area (Å²) in [4.78, 5) is 2.38. The summed E-state index contributed by atoms with van der Waals surface area (Å²) in [7, 11) is 0. The molecule has 6 heteroatoms. The van der Waals surface area contributed by atoms with E-state index in [1.807, 2.05) is 12.1 Å². The highest BCUT2D eigenvalue weighted by atomic mass is 35.5. The first-order valence-corrected chi connectivity index (χ1v) is 8.31. The maximum Gasteiger partial charge on any atom is 0.129 e. The molecule has 4 rings (SSSR count). The summed E-state index contributed by atoms with van der Waals surface area (Å²) in [5.74, 6) is 0.716. The standard InChI is InChI=1S/C14H17ClN4S/c15-11-3-4-12-13(18-20-17-12)14(11)19-6-5-9(8-19)7-16-10-1-2-10/h3-4,9-10,16H,1-2,5-8H2. The van der Waals surface area contributed by atoms with E-state index in [1.54, 1.807) is 0 Å². The number of fused-ring (bicyclic) bond motifs is 1. The lowest BCUT2D eigenvalue weighted by atomic mass is 10.1. The van der Waals surface area contributed by atoms with Gasteiger partial charge in [0, 0.05) is 19.1 Å². The van der Waals surface area contributed by atoms with Crippen molar-refractivity contribution in [1.82, 2.24) is 14.1 Å². The summed E-state index contributed by atoms with van der Waals surface area (Å²) in [5.41, 5.74) is 2.99. The highest BCUT2D eigenvalue weighted by Crippen LogP contribution is 2.36. The minimum atomic E-state index is 0.716. The van der Waals surface area contributed by atoms with Crippen molar-refractivity contribution in [2.24, 2.45) is 5.92 Å². The second-order valence-corrected chi connectivity index (χ2v) is 6.75. The first-order chi connectivity index (χ1) is 9.81. The molecule has 1 saturated heterocycles. The average molecular weight is 309 g/mol. The fraction of sp³-hybridized carbons (Fsp3) is 0.571. The van der Waals surface area contributed by atoms with Crippen molar-refractivity contribution in [3.63, 3.8) is 0 Å². The van der Waals surface area contributed by atoms with Crippen molar-refractivity contribution in [1.29, 1.82) is 0 Å². The Bertz CT molecular complexity index is 625. The van der Waals surface area contributed by atoms with Crippen LogP contribution in [0.1, 0.15) is 19.3 Å². The molecule has 20 heavy (non-hydrogen) atoms. The molecule has 1 atom stereocenters. The molecule has 1 N–H and O–H groups in total. The van der Waals surface area contributed by atoms with E-state index >= 15 is 0 Å². The van der Waals surface area contributed by atoms with E-state index in [9.17, 15) is 0 Å². The molecule has 1 aliphatic carbocycles. The van der Waals surface area contributed by atoms with E-state index in [-0.39, 0.29) is 0 Å². The lowest BCUT2D eigenvalue weighted by Gasteiger charge is -2.20.